The van der Waals surface area contributed by atoms with Crippen molar-refractivity contribution < 1.29 is 0 Å². The average Bonchev–Trinajstić information content (AvgIpc) is 2.73. The Hall–Kier alpha value is -0.750. The van der Waals surface area contributed by atoms with Crippen LogP contribution < -0.4 is 5.73 Å². The van der Waals surface area contributed by atoms with Gasteiger partial charge in [0, 0.05) is 15.9 Å². The minimum atomic E-state index is 0.419. The van der Waals surface area contributed by atoms with Crippen molar-refractivity contribution in [2.45, 2.75) is 37.0 Å². The molecule has 2 aromatic rings. The van der Waals surface area contributed by atoms with Crippen LogP contribution in [0.5, 0.6) is 0 Å². The minimum absolute atomic E-state index is 0.419. The molecule has 6 heteroatoms. The molecule has 1 aliphatic rings. The first-order chi connectivity index (χ1) is 9.20. The van der Waals surface area contributed by atoms with Gasteiger partial charge in [0.2, 0.25) is 5.95 Å². The van der Waals surface area contributed by atoms with Gasteiger partial charge in [0.15, 0.2) is 5.65 Å². The lowest BCUT2D eigenvalue weighted by atomic mass is 9.94. The molecule has 1 fully saturated rings. The quantitative estimate of drug-likeness (QED) is 0.906. The van der Waals surface area contributed by atoms with Crippen molar-refractivity contribution in [3.63, 3.8) is 0 Å². The molecule has 0 saturated heterocycles. The van der Waals surface area contributed by atoms with Gasteiger partial charge >= 0.3 is 0 Å². The number of nitrogens with zero attached hydrogens (tertiary/aromatic N) is 3. The van der Waals surface area contributed by atoms with Gasteiger partial charge in [0.25, 0.3) is 0 Å². The summed E-state index contributed by atoms with van der Waals surface area (Å²) in [7, 11) is 0. The van der Waals surface area contributed by atoms with Crippen molar-refractivity contribution >= 4 is 44.8 Å². The van der Waals surface area contributed by atoms with Crippen molar-refractivity contribution in [1.82, 2.24) is 14.5 Å². The molecule has 0 aromatic carbocycles. The van der Waals surface area contributed by atoms with Gasteiger partial charge in [-0.05, 0) is 41.1 Å². The number of imidazole rings is 1. The molecule has 2 unspecified atom stereocenters. The van der Waals surface area contributed by atoms with E-state index in [1.165, 1.54) is 25.7 Å². The monoisotopic (exact) mass is 340 g/mol. The third kappa shape index (κ3) is 2.36. The van der Waals surface area contributed by atoms with Crippen LogP contribution in [0.2, 0.25) is 0 Å². The highest BCUT2D eigenvalue weighted by atomic mass is 79.9. The fraction of sp³-hybridized carbons (Fsp3) is 0.538. The number of hydrogen-bond acceptors (Lipinski definition) is 4. The molecule has 0 radical (unpaired) electrons. The second-order valence-electron chi connectivity index (χ2n) is 4.96. The number of halogens is 1. The summed E-state index contributed by atoms with van der Waals surface area (Å²) in [5.74, 6) is 0.589. The molecule has 102 valence electrons. The molecule has 1 saturated carbocycles. The summed E-state index contributed by atoms with van der Waals surface area (Å²) in [6.45, 7) is 0. The molecule has 0 aliphatic heterocycles. The molecule has 0 bridgehead atoms. The van der Waals surface area contributed by atoms with Crippen LogP contribution in [0.4, 0.5) is 5.95 Å². The van der Waals surface area contributed by atoms with E-state index in [4.69, 9.17) is 5.73 Å². The largest absolute Gasteiger partial charge is 0.369 e. The van der Waals surface area contributed by atoms with Gasteiger partial charge in [0.1, 0.15) is 5.52 Å². The lowest BCUT2D eigenvalue weighted by Crippen LogP contribution is -2.26. The Morgan fingerprint density at radius 3 is 3.00 bits per heavy atom. The maximum absolute atomic E-state index is 6.14. The molecule has 3 rings (SSSR count). The van der Waals surface area contributed by atoms with Crippen LogP contribution >= 0.6 is 27.7 Å². The SMILES string of the molecule is CSC1CCCCC1n1c(N)nc2cc(Br)cnc21. The van der Waals surface area contributed by atoms with Crippen LogP contribution in [0.25, 0.3) is 11.2 Å². The van der Waals surface area contributed by atoms with Gasteiger partial charge in [-0.2, -0.15) is 11.8 Å². The Balaban J connectivity index is 2.10. The fourth-order valence-electron chi connectivity index (χ4n) is 2.95. The highest BCUT2D eigenvalue weighted by Gasteiger charge is 2.29. The highest BCUT2D eigenvalue weighted by Crippen LogP contribution is 2.38. The van der Waals surface area contributed by atoms with E-state index in [1.54, 1.807) is 0 Å². The summed E-state index contributed by atoms with van der Waals surface area (Å²) in [4.78, 5) is 8.97. The Labute approximate surface area is 125 Å². The molecule has 0 spiro atoms. The zero-order valence-corrected chi connectivity index (χ0v) is 13.2. The maximum atomic E-state index is 6.14. The van der Waals surface area contributed by atoms with E-state index in [2.05, 4.69) is 36.7 Å². The lowest BCUT2D eigenvalue weighted by molar-refractivity contribution is 0.373. The number of pyridine rings is 1. The number of hydrogen-bond donors (Lipinski definition) is 1. The molecule has 2 heterocycles. The molecule has 2 aromatic heterocycles. The standard InChI is InChI=1S/C13H17BrN4S/c1-19-11-5-3-2-4-10(11)18-12-9(17-13(18)15)6-8(14)7-16-12/h6-7,10-11H,2-5H2,1H3,(H2,15,17). The van der Waals surface area contributed by atoms with Crippen LogP contribution in [-0.2, 0) is 0 Å². The average molecular weight is 341 g/mol. The smallest absolute Gasteiger partial charge is 0.202 e. The Morgan fingerprint density at radius 1 is 1.42 bits per heavy atom. The van der Waals surface area contributed by atoms with Crippen molar-refractivity contribution in [2.75, 3.05) is 12.0 Å². The van der Waals surface area contributed by atoms with Gasteiger partial charge in [0.05, 0.1) is 6.04 Å². The molecule has 2 atom stereocenters. The number of nitrogens with two attached hydrogens (primary N) is 1. The van der Waals surface area contributed by atoms with Gasteiger partial charge in [-0.1, -0.05) is 12.8 Å². The van der Waals surface area contributed by atoms with Crippen LogP contribution in [0.1, 0.15) is 31.7 Å². The molecule has 0 amide bonds. The molecule has 1 aliphatic carbocycles. The first-order valence-electron chi connectivity index (χ1n) is 6.52. The predicted octanol–water partition coefficient (Wildman–Crippen LogP) is 3.62. The van der Waals surface area contributed by atoms with E-state index in [9.17, 15) is 0 Å². The van der Waals surface area contributed by atoms with E-state index < -0.39 is 0 Å². The summed E-state index contributed by atoms with van der Waals surface area (Å²) < 4.78 is 3.08. The van der Waals surface area contributed by atoms with Crippen LogP contribution in [0.15, 0.2) is 16.7 Å². The Kier molecular flexibility index (Phi) is 3.71. The number of thioether (sulfide) groups is 1. The summed E-state index contributed by atoms with van der Waals surface area (Å²) in [5, 5.41) is 0.610. The van der Waals surface area contributed by atoms with E-state index in [0.717, 1.165) is 15.6 Å². The zero-order chi connectivity index (χ0) is 13.4. The third-order valence-electron chi connectivity index (χ3n) is 3.83. The van der Waals surface area contributed by atoms with E-state index >= 15 is 0 Å². The van der Waals surface area contributed by atoms with Gasteiger partial charge < -0.3 is 5.73 Å². The van der Waals surface area contributed by atoms with Crippen molar-refractivity contribution in [3.05, 3.63) is 16.7 Å². The topological polar surface area (TPSA) is 56.7 Å². The van der Waals surface area contributed by atoms with Crippen LogP contribution in [0.3, 0.4) is 0 Å². The first kappa shape index (κ1) is 13.2. The fourth-order valence-corrected chi connectivity index (χ4v) is 4.24. The lowest BCUT2D eigenvalue weighted by Gasteiger charge is -2.31. The third-order valence-corrected chi connectivity index (χ3v) is 5.42. The maximum Gasteiger partial charge on any atom is 0.202 e. The first-order valence-corrected chi connectivity index (χ1v) is 8.60. The Bertz CT molecular complexity index is 598. The summed E-state index contributed by atoms with van der Waals surface area (Å²) in [6.07, 6.45) is 8.99. The van der Waals surface area contributed by atoms with E-state index in [1.807, 2.05) is 24.0 Å². The summed E-state index contributed by atoms with van der Waals surface area (Å²) in [5.41, 5.74) is 7.92. The molecular formula is C13H17BrN4S. The van der Waals surface area contributed by atoms with Gasteiger partial charge in [-0.25, -0.2) is 9.97 Å². The highest BCUT2D eigenvalue weighted by molar-refractivity contribution is 9.10. The van der Waals surface area contributed by atoms with Crippen LogP contribution in [-0.4, -0.2) is 26.0 Å². The summed E-state index contributed by atoms with van der Waals surface area (Å²) in [6, 6.07) is 2.40. The van der Waals surface area contributed by atoms with E-state index in [0.29, 0.717) is 17.2 Å². The second kappa shape index (κ2) is 5.32. The number of anilines is 1. The van der Waals surface area contributed by atoms with E-state index in [-0.39, 0.29) is 0 Å². The number of nitrogen functional groups attached to an aromatic ring is 1. The second-order valence-corrected chi connectivity index (χ2v) is 6.95. The number of rotatable bonds is 2. The number of fused-ring (bicyclic) bond motifs is 1. The summed E-state index contributed by atoms with van der Waals surface area (Å²) >= 11 is 5.36. The van der Waals surface area contributed by atoms with Gasteiger partial charge in [-0.15, -0.1) is 0 Å². The number of aromatic nitrogens is 3. The normalized spacial score (nSPS) is 23.9. The molecule has 4 nitrogen and oxygen atoms in total. The minimum Gasteiger partial charge on any atom is -0.369 e. The van der Waals surface area contributed by atoms with Crippen molar-refractivity contribution in [3.8, 4) is 0 Å². The Morgan fingerprint density at radius 2 is 2.21 bits per heavy atom. The van der Waals surface area contributed by atoms with Crippen LogP contribution in [0, 0.1) is 0 Å². The zero-order valence-electron chi connectivity index (χ0n) is 10.8. The molecule has 2 N–H and O–H groups in total. The molecular weight excluding hydrogens is 324 g/mol. The predicted molar refractivity (Wildman–Crippen MR) is 84.4 cm³/mol. The van der Waals surface area contributed by atoms with Crippen molar-refractivity contribution in [1.29, 1.82) is 0 Å². The molecule has 19 heavy (non-hydrogen) atoms. The van der Waals surface area contributed by atoms with Crippen molar-refractivity contribution in [2.24, 2.45) is 0 Å². The van der Waals surface area contributed by atoms with Gasteiger partial charge in [-0.3, -0.25) is 4.57 Å².